The van der Waals surface area contributed by atoms with Crippen molar-refractivity contribution in [2.45, 2.75) is 26.2 Å². The highest BCUT2D eigenvalue weighted by atomic mass is 14.2. The lowest BCUT2D eigenvalue weighted by molar-refractivity contribution is 0.824. The molecule has 2 aromatic carbocycles. The number of hydrogen-bond donors (Lipinski definition) is 0. The molecule has 0 spiro atoms. The van der Waals surface area contributed by atoms with E-state index in [1.165, 1.54) is 22.3 Å². The summed E-state index contributed by atoms with van der Waals surface area (Å²) < 4.78 is 0. The molecule has 0 heteroatoms. The Labute approximate surface area is 110 Å². The number of allylic oxidation sites excluding steroid dienone is 1. The summed E-state index contributed by atoms with van der Waals surface area (Å²) in [7, 11) is 0. The maximum Gasteiger partial charge on any atom is 0.00867 e. The van der Waals surface area contributed by atoms with Gasteiger partial charge >= 0.3 is 0 Å². The van der Waals surface area contributed by atoms with E-state index in [1.807, 2.05) is 6.07 Å². The minimum absolute atomic E-state index is 0.410. The smallest absolute Gasteiger partial charge is 0.00867 e. The van der Waals surface area contributed by atoms with Crippen LogP contribution >= 0.6 is 0 Å². The molecule has 0 fully saturated rings. The van der Waals surface area contributed by atoms with Gasteiger partial charge in [-0.05, 0) is 30.0 Å². The lowest BCUT2D eigenvalue weighted by atomic mass is 9.85. The summed E-state index contributed by atoms with van der Waals surface area (Å²) in [6, 6.07) is 19.3. The van der Waals surface area contributed by atoms with E-state index in [0.29, 0.717) is 5.92 Å². The summed E-state index contributed by atoms with van der Waals surface area (Å²) in [6.45, 7) is 8.64. The molecule has 0 aromatic heterocycles. The van der Waals surface area contributed by atoms with Gasteiger partial charge in [-0.1, -0.05) is 73.7 Å². The van der Waals surface area contributed by atoms with Crippen LogP contribution in [0.5, 0.6) is 0 Å². The molecule has 0 heterocycles. The largest absolute Gasteiger partial charge is 0.0946 e. The highest BCUT2D eigenvalue weighted by molar-refractivity contribution is 5.69. The molecule has 0 saturated heterocycles. The SMILES string of the molecule is C=C(c1ccccc1)C(CC)c1ccc(C)cc1. The summed E-state index contributed by atoms with van der Waals surface area (Å²) in [6.07, 6.45) is 1.08. The van der Waals surface area contributed by atoms with Gasteiger partial charge in [0.25, 0.3) is 0 Å². The third-order valence-corrected chi connectivity index (χ3v) is 3.45. The quantitative estimate of drug-likeness (QED) is 0.684. The Morgan fingerprint density at radius 1 is 1.00 bits per heavy atom. The van der Waals surface area contributed by atoms with Crippen molar-refractivity contribution in [3.63, 3.8) is 0 Å². The summed E-state index contributed by atoms with van der Waals surface area (Å²) in [5.74, 6) is 0.410. The molecular weight excluding hydrogens is 216 g/mol. The molecule has 18 heavy (non-hydrogen) atoms. The van der Waals surface area contributed by atoms with E-state index in [9.17, 15) is 0 Å². The summed E-state index contributed by atoms with van der Waals surface area (Å²) in [5, 5.41) is 0. The summed E-state index contributed by atoms with van der Waals surface area (Å²) in [5.41, 5.74) is 5.11. The third-order valence-electron chi connectivity index (χ3n) is 3.45. The topological polar surface area (TPSA) is 0 Å². The molecule has 1 unspecified atom stereocenters. The van der Waals surface area contributed by atoms with Gasteiger partial charge in [0.15, 0.2) is 0 Å². The number of hydrogen-bond acceptors (Lipinski definition) is 0. The molecule has 0 aliphatic heterocycles. The van der Waals surface area contributed by atoms with Crippen LogP contribution in [-0.4, -0.2) is 0 Å². The third kappa shape index (κ3) is 2.70. The van der Waals surface area contributed by atoms with Gasteiger partial charge in [-0.15, -0.1) is 0 Å². The minimum Gasteiger partial charge on any atom is -0.0946 e. The van der Waals surface area contributed by atoms with E-state index in [0.717, 1.165) is 6.42 Å². The van der Waals surface area contributed by atoms with Crippen LogP contribution < -0.4 is 0 Å². The fourth-order valence-electron chi connectivity index (χ4n) is 2.34. The van der Waals surface area contributed by atoms with E-state index in [2.05, 4.69) is 69.0 Å². The first-order valence-corrected chi connectivity index (χ1v) is 6.53. The average molecular weight is 236 g/mol. The zero-order chi connectivity index (χ0) is 13.0. The Kier molecular flexibility index (Phi) is 3.99. The average Bonchev–Trinajstić information content (AvgIpc) is 2.42. The number of aryl methyl sites for hydroxylation is 1. The van der Waals surface area contributed by atoms with Gasteiger partial charge in [0, 0.05) is 5.92 Å². The van der Waals surface area contributed by atoms with Gasteiger partial charge in [-0.25, -0.2) is 0 Å². The van der Waals surface area contributed by atoms with Gasteiger partial charge in [0.05, 0.1) is 0 Å². The van der Waals surface area contributed by atoms with Crippen molar-refractivity contribution in [3.05, 3.63) is 77.9 Å². The van der Waals surface area contributed by atoms with Gasteiger partial charge in [0.2, 0.25) is 0 Å². The van der Waals surface area contributed by atoms with Crippen LogP contribution in [0.3, 0.4) is 0 Å². The van der Waals surface area contributed by atoms with E-state index < -0.39 is 0 Å². The second-order valence-corrected chi connectivity index (χ2v) is 4.76. The monoisotopic (exact) mass is 236 g/mol. The molecule has 0 nitrogen and oxygen atoms in total. The lowest BCUT2D eigenvalue weighted by Gasteiger charge is -2.19. The Morgan fingerprint density at radius 3 is 2.17 bits per heavy atom. The first-order valence-electron chi connectivity index (χ1n) is 6.53. The first kappa shape index (κ1) is 12.6. The fraction of sp³-hybridized carbons (Fsp3) is 0.222. The minimum atomic E-state index is 0.410. The Morgan fingerprint density at radius 2 is 1.61 bits per heavy atom. The number of rotatable bonds is 4. The van der Waals surface area contributed by atoms with Gasteiger partial charge in [-0.2, -0.15) is 0 Å². The van der Waals surface area contributed by atoms with Crippen molar-refractivity contribution < 1.29 is 0 Å². The van der Waals surface area contributed by atoms with Crippen LogP contribution in [0, 0.1) is 6.92 Å². The van der Waals surface area contributed by atoms with Crippen molar-refractivity contribution >= 4 is 5.57 Å². The molecule has 2 rings (SSSR count). The molecule has 2 aromatic rings. The molecular formula is C18H20. The molecule has 0 bridgehead atoms. The normalized spacial score (nSPS) is 12.1. The van der Waals surface area contributed by atoms with Crippen molar-refractivity contribution in [1.82, 2.24) is 0 Å². The molecule has 0 N–H and O–H groups in total. The van der Waals surface area contributed by atoms with Crippen molar-refractivity contribution in [2.24, 2.45) is 0 Å². The summed E-state index contributed by atoms with van der Waals surface area (Å²) in [4.78, 5) is 0. The Hall–Kier alpha value is -1.82. The highest BCUT2D eigenvalue weighted by Crippen LogP contribution is 2.33. The van der Waals surface area contributed by atoms with Crippen LogP contribution in [0.15, 0.2) is 61.2 Å². The maximum absolute atomic E-state index is 4.29. The van der Waals surface area contributed by atoms with Crippen LogP contribution in [0.2, 0.25) is 0 Å². The lowest BCUT2D eigenvalue weighted by Crippen LogP contribution is -2.00. The van der Waals surface area contributed by atoms with E-state index in [4.69, 9.17) is 0 Å². The van der Waals surface area contributed by atoms with Crippen molar-refractivity contribution in [1.29, 1.82) is 0 Å². The molecule has 0 saturated carbocycles. The predicted molar refractivity (Wildman–Crippen MR) is 79.7 cm³/mol. The maximum atomic E-state index is 4.29. The molecule has 0 aliphatic carbocycles. The first-order chi connectivity index (χ1) is 8.72. The molecule has 0 aliphatic rings. The van der Waals surface area contributed by atoms with Crippen LogP contribution in [0.25, 0.3) is 5.57 Å². The second kappa shape index (κ2) is 5.68. The molecule has 1 atom stereocenters. The van der Waals surface area contributed by atoms with Crippen molar-refractivity contribution in [2.75, 3.05) is 0 Å². The van der Waals surface area contributed by atoms with Crippen LogP contribution in [0.1, 0.15) is 36.0 Å². The van der Waals surface area contributed by atoms with Crippen LogP contribution in [-0.2, 0) is 0 Å². The van der Waals surface area contributed by atoms with E-state index in [-0.39, 0.29) is 0 Å². The van der Waals surface area contributed by atoms with Gasteiger partial charge in [-0.3, -0.25) is 0 Å². The molecule has 92 valence electrons. The fourth-order valence-corrected chi connectivity index (χ4v) is 2.34. The molecule has 0 radical (unpaired) electrons. The van der Waals surface area contributed by atoms with Gasteiger partial charge < -0.3 is 0 Å². The second-order valence-electron chi connectivity index (χ2n) is 4.76. The molecule has 0 amide bonds. The van der Waals surface area contributed by atoms with E-state index >= 15 is 0 Å². The summed E-state index contributed by atoms with van der Waals surface area (Å²) >= 11 is 0. The Bertz CT molecular complexity index is 505. The standard InChI is InChI=1S/C18H20/c1-4-18(17-12-10-14(2)11-13-17)15(3)16-8-6-5-7-9-16/h5-13,18H,3-4H2,1-2H3. The zero-order valence-electron chi connectivity index (χ0n) is 11.2. The predicted octanol–water partition coefficient (Wildman–Crippen LogP) is 5.20. The highest BCUT2D eigenvalue weighted by Gasteiger charge is 2.14. The van der Waals surface area contributed by atoms with E-state index in [1.54, 1.807) is 0 Å². The van der Waals surface area contributed by atoms with Gasteiger partial charge in [0.1, 0.15) is 0 Å². The zero-order valence-corrected chi connectivity index (χ0v) is 11.2. The van der Waals surface area contributed by atoms with Crippen LogP contribution in [0.4, 0.5) is 0 Å². The number of benzene rings is 2. The van der Waals surface area contributed by atoms with Crippen molar-refractivity contribution in [3.8, 4) is 0 Å². The Balaban J connectivity index is 2.29.